The monoisotopic (exact) mass is 341 g/mol. The first kappa shape index (κ1) is 16.6. The zero-order valence-electron chi connectivity index (χ0n) is 12.9. The maximum atomic E-state index is 14.2. The van der Waals surface area contributed by atoms with Crippen molar-refractivity contribution in [2.75, 3.05) is 0 Å². The van der Waals surface area contributed by atoms with Crippen LogP contribution in [0.2, 0.25) is 0 Å². The van der Waals surface area contributed by atoms with Crippen molar-refractivity contribution in [1.82, 2.24) is 4.57 Å². The molecule has 1 aromatic heterocycles. The highest BCUT2D eigenvalue weighted by Crippen LogP contribution is 2.16. The average molecular weight is 341 g/mol. The molecule has 0 bridgehead atoms. The van der Waals surface area contributed by atoms with Crippen molar-refractivity contribution in [1.29, 1.82) is 0 Å². The number of para-hydroxylation sites is 1. The second kappa shape index (κ2) is 6.68. The number of hydrogen-bond donors (Lipinski definition) is 1. The number of carboxylic acid groups (broad SMARTS) is 1. The van der Waals surface area contributed by atoms with Gasteiger partial charge >= 0.3 is 5.97 Å². The Morgan fingerprint density at radius 3 is 2.52 bits per heavy atom. The maximum absolute atomic E-state index is 14.2. The molecule has 0 saturated heterocycles. The van der Waals surface area contributed by atoms with Crippen molar-refractivity contribution in [2.24, 2.45) is 0 Å². The van der Waals surface area contributed by atoms with Crippen LogP contribution in [0.5, 0.6) is 0 Å². The first-order chi connectivity index (χ1) is 12.0. The Labute approximate surface area is 141 Å². The van der Waals surface area contributed by atoms with Gasteiger partial charge < -0.3 is 9.67 Å². The molecule has 1 N–H and O–H groups in total. The quantitative estimate of drug-likeness (QED) is 0.787. The van der Waals surface area contributed by atoms with Gasteiger partial charge in [-0.15, -0.1) is 0 Å². The Hall–Kier alpha value is -3.28. The molecular formula is C19H13F2NO3. The molecule has 0 aliphatic rings. The molecule has 126 valence electrons. The van der Waals surface area contributed by atoms with Gasteiger partial charge in [0.05, 0.1) is 5.52 Å². The van der Waals surface area contributed by atoms with Crippen LogP contribution in [0.1, 0.15) is 15.9 Å². The molecule has 4 nitrogen and oxygen atoms in total. The molecule has 6 heteroatoms. The first-order valence-electron chi connectivity index (χ1n) is 7.44. The second-order valence-electron chi connectivity index (χ2n) is 5.42. The van der Waals surface area contributed by atoms with Crippen molar-refractivity contribution in [3.8, 4) is 0 Å². The fourth-order valence-electron chi connectivity index (χ4n) is 2.59. The SMILES string of the molecule is O=C(O)c1cn(C/C=C/c2ccc(F)cc2)c2c(F)cccc2c1=O. The third-order valence-corrected chi connectivity index (χ3v) is 3.76. The molecule has 0 aliphatic heterocycles. The minimum atomic E-state index is -1.37. The number of rotatable bonds is 4. The number of carbonyl (C=O) groups is 1. The first-order valence-corrected chi connectivity index (χ1v) is 7.44. The summed E-state index contributed by atoms with van der Waals surface area (Å²) in [6, 6.07) is 9.77. The highest BCUT2D eigenvalue weighted by atomic mass is 19.1. The number of allylic oxidation sites excluding steroid dienone is 1. The molecule has 3 rings (SSSR count). The van der Waals surface area contributed by atoms with Gasteiger partial charge in [0, 0.05) is 18.1 Å². The maximum Gasteiger partial charge on any atom is 0.341 e. The fraction of sp³-hybridized carbons (Fsp3) is 0.0526. The van der Waals surface area contributed by atoms with E-state index in [4.69, 9.17) is 0 Å². The lowest BCUT2D eigenvalue weighted by atomic mass is 10.1. The molecule has 0 atom stereocenters. The number of fused-ring (bicyclic) bond motifs is 1. The van der Waals surface area contributed by atoms with E-state index in [9.17, 15) is 23.5 Å². The second-order valence-corrected chi connectivity index (χ2v) is 5.42. The zero-order chi connectivity index (χ0) is 18.0. The van der Waals surface area contributed by atoms with E-state index in [2.05, 4.69) is 0 Å². The third kappa shape index (κ3) is 3.33. The molecule has 25 heavy (non-hydrogen) atoms. The number of hydrogen-bond acceptors (Lipinski definition) is 2. The lowest BCUT2D eigenvalue weighted by molar-refractivity contribution is 0.0695. The standard InChI is InChI=1S/C19H13F2NO3/c20-13-8-6-12(7-9-13)3-2-10-22-11-15(19(24)25)18(23)14-4-1-5-16(21)17(14)22/h1-9,11H,10H2,(H,24,25)/b3-2+. The molecule has 0 unspecified atom stereocenters. The van der Waals surface area contributed by atoms with Gasteiger partial charge in [-0.3, -0.25) is 4.79 Å². The van der Waals surface area contributed by atoms with Crippen LogP contribution in [0.4, 0.5) is 8.78 Å². The summed E-state index contributed by atoms with van der Waals surface area (Å²) in [6.07, 6.45) is 4.50. The van der Waals surface area contributed by atoms with Crippen LogP contribution in [-0.4, -0.2) is 15.6 Å². The normalized spacial score (nSPS) is 11.3. The van der Waals surface area contributed by atoms with Gasteiger partial charge in [-0.25, -0.2) is 13.6 Å². The highest BCUT2D eigenvalue weighted by Gasteiger charge is 2.16. The van der Waals surface area contributed by atoms with Crippen molar-refractivity contribution in [3.63, 3.8) is 0 Å². The lowest BCUT2D eigenvalue weighted by Gasteiger charge is -2.11. The molecule has 0 radical (unpaired) electrons. The minimum absolute atomic E-state index is 0.00934. The molecular weight excluding hydrogens is 328 g/mol. The number of carboxylic acids is 1. The predicted octanol–water partition coefficient (Wildman–Crippen LogP) is 3.69. The van der Waals surface area contributed by atoms with E-state index in [0.29, 0.717) is 0 Å². The number of aromatic nitrogens is 1. The van der Waals surface area contributed by atoms with Gasteiger partial charge in [-0.2, -0.15) is 0 Å². The molecule has 1 heterocycles. The van der Waals surface area contributed by atoms with Crippen LogP contribution in [0.25, 0.3) is 17.0 Å². The summed E-state index contributed by atoms with van der Waals surface area (Å²) in [7, 11) is 0. The number of pyridine rings is 1. The van der Waals surface area contributed by atoms with Gasteiger partial charge in [0.25, 0.3) is 0 Å². The Balaban J connectivity index is 2.05. The Morgan fingerprint density at radius 1 is 1.12 bits per heavy atom. The number of aromatic carboxylic acids is 1. The Kier molecular flexibility index (Phi) is 4.43. The van der Waals surface area contributed by atoms with Gasteiger partial charge in [0.15, 0.2) is 0 Å². The lowest BCUT2D eigenvalue weighted by Crippen LogP contribution is -2.19. The van der Waals surface area contributed by atoms with Crippen LogP contribution < -0.4 is 5.43 Å². The molecule has 0 aliphatic carbocycles. The molecule has 0 saturated carbocycles. The van der Waals surface area contributed by atoms with Gasteiger partial charge in [-0.05, 0) is 29.8 Å². The summed E-state index contributed by atoms with van der Waals surface area (Å²) in [4.78, 5) is 23.5. The molecule has 0 fully saturated rings. The average Bonchev–Trinajstić information content (AvgIpc) is 2.58. The Bertz CT molecular complexity index is 1040. The van der Waals surface area contributed by atoms with Gasteiger partial charge in [0.1, 0.15) is 17.2 Å². The van der Waals surface area contributed by atoms with Crippen LogP contribution in [0.15, 0.2) is 59.5 Å². The molecule has 0 amide bonds. The zero-order valence-corrected chi connectivity index (χ0v) is 12.9. The van der Waals surface area contributed by atoms with Gasteiger partial charge in [-0.1, -0.05) is 30.4 Å². The summed E-state index contributed by atoms with van der Waals surface area (Å²) in [5, 5.41) is 9.20. The van der Waals surface area contributed by atoms with Crippen molar-refractivity contribution in [3.05, 3.63) is 87.7 Å². The number of nitrogens with zero attached hydrogens (tertiary/aromatic N) is 1. The van der Waals surface area contributed by atoms with Crippen LogP contribution >= 0.6 is 0 Å². The summed E-state index contributed by atoms with van der Waals surface area (Å²) >= 11 is 0. The highest BCUT2D eigenvalue weighted by molar-refractivity contribution is 5.92. The summed E-state index contributed by atoms with van der Waals surface area (Å²) in [6.45, 7) is 0.148. The summed E-state index contributed by atoms with van der Waals surface area (Å²) in [5.74, 6) is -2.33. The number of halogens is 2. The van der Waals surface area contributed by atoms with E-state index < -0.39 is 22.8 Å². The predicted molar refractivity (Wildman–Crippen MR) is 90.6 cm³/mol. The minimum Gasteiger partial charge on any atom is -0.477 e. The van der Waals surface area contributed by atoms with E-state index in [-0.39, 0.29) is 23.3 Å². The van der Waals surface area contributed by atoms with E-state index in [1.165, 1.54) is 34.9 Å². The largest absolute Gasteiger partial charge is 0.477 e. The Morgan fingerprint density at radius 2 is 1.84 bits per heavy atom. The summed E-state index contributed by atoms with van der Waals surface area (Å²) < 4.78 is 28.4. The van der Waals surface area contributed by atoms with Gasteiger partial charge in [0.2, 0.25) is 5.43 Å². The number of benzene rings is 2. The van der Waals surface area contributed by atoms with E-state index in [1.54, 1.807) is 24.3 Å². The fourth-order valence-corrected chi connectivity index (χ4v) is 2.59. The van der Waals surface area contributed by atoms with Crippen molar-refractivity contribution in [2.45, 2.75) is 6.54 Å². The van der Waals surface area contributed by atoms with Crippen LogP contribution in [0.3, 0.4) is 0 Å². The van der Waals surface area contributed by atoms with E-state index in [0.717, 1.165) is 11.8 Å². The van der Waals surface area contributed by atoms with Crippen LogP contribution in [-0.2, 0) is 6.54 Å². The summed E-state index contributed by atoms with van der Waals surface area (Å²) in [5.41, 5.74) is -0.360. The molecule has 3 aromatic rings. The molecule has 2 aromatic carbocycles. The smallest absolute Gasteiger partial charge is 0.341 e. The van der Waals surface area contributed by atoms with E-state index in [1.807, 2.05) is 0 Å². The molecule has 0 spiro atoms. The van der Waals surface area contributed by atoms with Crippen LogP contribution in [0, 0.1) is 11.6 Å². The topological polar surface area (TPSA) is 59.3 Å². The van der Waals surface area contributed by atoms with Crippen molar-refractivity contribution < 1.29 is 18.7 Å². The van der Waals surface area contributed by atoms with E-state index >= 15 is 0 Å². The van der Waals surface area contributed by atoms with Crippen molar-refractivity contribution >= 4 is 22.9 Å². The third-order valence-electron chi connectivity index (χ3n) is 3.76.